The third-order valence-corrected chi connectivity index (χ3v) is 4.47. The summed E-state index contributed by atoms with van der Waals surface area (Å²) in [6.45, 7) is 3.74. The zero-order chi connectivity index (χ0) is 20.0. The van der Waals surface area contributed by atoms with Gasteiger partial charge in [-0.15, -0.1) is 0 Å². The second-order valence-electron chi connectivity index (χ2n) is 5.58. The lowest BCUT2D eigenvalue weighted by Gasteiger charge is -2.26. The van der Waals surface area contributed by atoms with Gasteiger partial charge < -0.3 is 15.0 Å². The minimum Gasteiger partial charge on any atom is -0.462 e. The molecule has 2 rings (SSSR count). The quantitative estimate of drug-likeness (QED) is 0.561. The molecule has 0 unspecified atom stereocenters. The number of hydrogen-bond donors (Lipinski definition) is 1. The Kier molecular flexibility index (Phi) is 7.59. The Labute approximate surface area is 173 Å². The van der Waals surface area contributed by atoms with Crippen LogP contribution in [0.4, 0.5) is 5.69 Å². The van der Waals surface area contributed by atoms with Crippen LogP contribution in [0.5, 0.6) is 0 Å². The van der Waals surface area contributed by atoms with Crippen LogP contribution in [0, 0.1) is 0 Å². The largest absolute Gasteiger partial charge is 0.462 e. The van der Waals surface area contributed by atoms with Crippen LogP contribution < -0.4 is 10.2 Å². The van der Waals surface area contributed by atoms with Crippen LogP contribution in [0.1, 0.15) is 29.8 Å². The number of thiocarbonyl (C=S) groups is 1. The first-order valence-electron chi connectivity index (χ1n) is 8.12. The van der Waals surface area contributed by atoms with E-state index in [-0.39, 0.29) is 11.0 Å². The first-order valence-corrected chi connectivity index (χ1v) is 9.28. The highest BCUT2D eigenvalue weighted by Crippen LogP contribution is 2.25. The van der Waals surface area contributed by atoms with Crippen molar-refractivity contribution in [3.8, 4) is 0 Å². The lowest BCUT2D eigenvalue weighted by atomic mass is 10.1. The molecule has 0 aliphatic carbocycles. The maximum Gasteiger partial charge on any atom is 0.338 e. The van der Waals surface area contributed by atoms with Gasteiger partial charge in [0.2, 0.25) is 5.91 Å². The first kappa shape index (κ1) is 21.2. The summed E-state index contributed by atoms with van der Waals surface area (Å²) in [6, 6.07) is 11.9. The Morgan fingerprint density at radius 1 is 1.15 bits per heavy atom. The molecule has 1 N–H and O–H groups in total. The van der Waals surface area contributed by atoms with E-state index in [9.17, 15) is 9.59 Å². The Hall–Kier alpha value is -2.15. The lowest BCUT2D eigenvalue weighted by molar-refractivity contribution is -0.117. The Morgan fingerprint density at radius 2 is 1.81 bits per heavy atom. The van der Waals surface area contributed by atoms with Crippen LogP contribution in [0.3, 0.4) is 0 Å². The average molecular weight is 425 g/mol. The molecule has 0 saturated heterocycles. The fourth-order valence-corrected chi connectivity index (χ4v) is 3.09. The van der Waals surface area contributed by atoms with Gasteiger partial charge in [0.1, 0.15) is 0 Å². The van der Waals surface area contributed by atoms with Gasteiger partial charge in [-0.05, 0) is 61.1 Å². The Morgan fingerprint density at radius 3 is 2.37 bits per heavy atom. The summed E-state index contributed by atoms with van der Waals surface area (Å²) < 4.78 is 4.99. The molecule has 1 amide bonds. The zero-order valence-electron chi connectivity index (χ0n) is 14.8. The summed E-state index contributed by atoms with van der Waals surface area (Å²) in [4.78, 5) is 25.0. The molecule has 0 spiro atoms. The molecule has 2 aromatic rings. The number of amides is 1. The summed E-state index contributed by atoms with van der Waals surface area (Å²) in [5, 5.41) is 3.84. The highest BCUT2D eigenvalue weighted by Gasteiger charge is 2.17. The number of benzene rings is 2. The van der Waals surface area contributed by atoms with Crippen LogP contribution >= 0.6 is 35.4 Å². The van der Waals surface area contributed by atoms with Gasteiger partial charge in [0, 0.05) is 22.7 Å². The maximum absolute atomic E-state index is 11.8. The van der Waals surface area contributed by atoms with Crippen molar-refractivity contribution in [2.75, 3.05) is 11.5 Å². The number of anilines is 1. The monoisotopic (exact) mass is 424 g/mol. The van der Waals surface area contributed by atoms with E-state index in [4.69, 9.17) is 40.2 Å². The van der Waals surface area contributed by atoms with Gasteiger partial charge in [0.05, 0.1) is 18.7 Å². The van der Waals surface area contributed by atoms with E-state index < -0.39 is 5.97 Å². The average Bonchev–Trinajstić information content (AvgIpc) is 2.61. The predicted octanol–water partition coefficient (Wildman–Crippen LogP) is 4.60. The van der Waals surface area contributed by atoms with Gasteiger partial charge in [-0.1, -0.05) is 29.3 Å². The van der Waals surface area contributed by atoms with Gasteiger partial charge in [0.25, 0.3) is 0 Å². The second kappa shape index (κ2) is 9.69. The molecule has 0 heterocycles. The number of ether oxygens (including phenoxy) is 1. The van der Waals surface area contributed by atoms with E-state index in [1.54, 1.807) is 54.3 Å². The van der Waals surface area contributed by atoms with Gasteiger partial charge >= 0.3 is 5.97 Å². The van der Waals surface area contributed by atoms with Gasteiger partial charge in [-0.2, -0.15) is 0 Å². The van der Waals surface area contributed by atoms with Crippen molar-refractivity contribution in [1.29, 1.82) is 0 Å². The number of esters is 1. The maximum atomic E-state index is 11.8. The smallest absolute Gasteiger partial charge is 0.338 e. The van der Waals surface area contributed by atoms with Crippen molar-refractivity contribution in [3.63, 3.8) is 0 Å². The molecule has 0 bridgehead atoms. The Balaban J connectivity index is 2.33. The molecular formula is C19H18Cl2N2O3S. The molecule has 27 heavy (non-hydrogen) atoms. The van der Waals surface area contributed by atoms with Crippen molar-refractivity contribution in [2.24, 2.45) is 0 Å². The predicted molar refractivity (Wildman–Crippen MR) is 111 cm³/mol. The number of halogens is 2. The van der Waals surface area contributed by atoms with Gasteiger partial charge in [0.15, 0.2) is 5.11 Å². The van der Waals surface area contributed by atoms with Crippen molar-refractivity contribution >= 4 is 58.1 Å². The molecule has 0 aromatic heterocycles. The minimum atomic E-state index is -0.402. The molecule has 0 aliphatic heterocycles. The summed E-state index contributed by atoms with van der Waals surface area (Å²) in [7, 11) is 0. The molecule has 2 aromatic carbocycles. The molecule has 142 valence electrons. The number of hydrogen-bond acceptors (Lipinski definition) is 4. The summed E-state index contributed by atoms with van der Waals surface area (Å²) in [5.41, 5.74) is 1.89. The standard InChI is InChI=1S/C19H18Cl2N2O3S/c1-3-26-18(25)13-5-8-16(9-6-13)23(19(27)22-12(2)24)11-14-4-7-15(20)10-17(14)21/h4-10H,3,11H2,1-2H3,(H,22,24,27). The summed E-state index contributed by atoms with van der Waals surface area (Å²) in [5.74, 6) is -0.684. The van der Waals surface area contributed by atoms with Crippen LogP contribution in [-0.4, -0.2) is 23.6 Å². The number of carbonyl (C=O) groups is 2. The van der Waals surface area contributed by atoms with Gasteiger partial charge in [-0.25, -0.2) is 4.79 Å². The van der Waals surface area contributed by atoms with Crippen LogP contribution in [0.25, 0.3) is 0 Å². The van der Waals surface area contributed by atoms with E-state index in [0.29, 0.717) is 34.4 Å². The molecule has 0 aliphatic rings. The third-order valence-electron chi connectivity index (χ3n) is 3.56. The summed E-state index contributed by atoms with van der Waals surface area (Å²) >= 11 is 17.6. The molecule has 8 heteroatoms. The van der Waals surface area contributed by atoms with E-state index in [0.717, 1.165) is 5.56 Å². The normalized spacial score (nSPS) is 10.2. The topological polar surface area (TPSA) is 58.6 Å². The lowest BCUT2D eigenvalue weighted by Crippen LogP contribution is -2.41. The van der Waals surface area contributed by atoms with Crippen LogP contribution in [0.15, 0.2) is 42.5 Å². The first-order chi connectivity index (χ1) is 12.8. The van der Waals surface area contributed by atoms with Crippen LogP contribution in [-0.2, 0) is 16.1 Å². The van der Waals surface area contributed by atoms with E-state index in [1.165, 1.54) is 6.92 Å². The highest BCUT2D eigenvalue weighted by atomic mass is 35.5. The Bertz CT molecular complexity index is 857. The van der Waals surface area contributed by atoms with Crippen molar-refractivity contribution in [3.05, 3.63) is 63.6 Å². The van der Waals surface area contributed by atoms with Crippen LogP contribution in [0.2, 0.25) is 10.0 Å². The van der Waals surface area contributed by atoms with Crippen molar-refractivity contribution in [1.82, 2.24) is 5.32 Å². The second-order valence-corrected chi connectivity index (χ2v) is 6.81. The SMILES string of the molecule is CCOC(=O)c1ccc(N(Cc2ccc(Cl)cc2Cl)C(=S)NC(C)=O)cc1. The zero-order valence-corrected chi connectivity index (χ0v) is 17.1. The molecule has 5 nitrogen and oxygen atoms in total. The van der Waals surface area contributed by atoms with E-state index >= 15 is 0 Å². The van der Waals surface area contributed by atoms with Crippen molar-refractivity contribution in [2.45, 2.75) is 20.4 Å². The minimum absolute atomic E-state index is 0.220. The fraction of sp³-hybridized carbons (Fsp3) is 0.211. The molecular weight excluding hydrogens is 407 g/mol. The third kappa shape index (κ3) is 5.92. The fourth-order valence-electron chi connectivity index (χ4n) is 2.31. The van der Waals surface area contributed by atoms with Crippen molar-refractivity contribution < 1.29 is 14.3 Å². The van der Waals surface area contributed by atoms with E-state index in [2.05, 4.69) is 5.32 Å². The molecule has 0 saturated carbocycles. The molecule has 0 radical (unpaired) electrons. The van der Waals surface area contributed by atoms with E-state index in [1.807, 2.05) is 0 Å². The number of rotatable bonds is 5. The number of nitrogens with zero attached hydrogens (tertiary/aromatic N) is 1. The number of nitrogens with one attached hydrogen (secondary N) is 1. The summed E-state index contributed by atoms with van der Waals surface area (Å²) in [6.07, 6.45) is 0. The molecule has 0 fully saturated rings. The highest BCUT2D eigenvalue weighted by molar-refractivity contribution is 7.80. The van der Waals surface area contributed by atoms with Gasteiger partial charge in [-0.3, -0.25) is 4.79 Å². The molecule has 0 atom stereocenters. The number of carbonyl (C=O) groups excluding carboxylic acids is 2.